The van der Waals surface area contributed by atoms with Crippen molar-refractivity contribution in [1.82, 2.24) is 15.0 Å². The van der Waals surface area contributed by atoms with Gasteiger partial charge in [-0.2, -0.15) is 0 Å². The molecule has 0 saturated carbocycles. The minimum Gasteiger partial charge on any atom is -0.512 e. The summed E-state index contributed by atoms with van der Waals surface area (Å²) in [4.78, 5) is 50.7. The zero-order chi connectivity index (χ0) is 93.2. The quantitative estimate of drug-likeness (QED) is 0.0306. The van der Waals surface area contributed by atoms with Crippen LogP contribution in [0, 0.1) is 71.7 Å². The fraction of sp³-hybridized carbons (Fsp3) is 0.233. The molecule has 16 heteroatoms. The summed E-state index contributed by atoms with van der Waals surface area (Å²) in [6.45, 7) is 35.6. The van der Waals surface area contributed by atoms with Gasteiger partial charge in [0.25, 0.3) is 0 Å². The molecule has 1 aliphatic rings. The molecular weight excluding hydrogens is 2350 g/mol. The second-order valence-electron chi connectivity index (χ2n) is 35.7. The first-order valence-electron chi connectivity index (χ1n) is 43.3. The van der Waals surface area contributed by atoms with Crippen molar-refractivity contribution >= 4 is 110 Å². The number of carbonyl (C=O) groups excluding carboxylic acids is 4. The van der Waals surface area contributed by atoms with Crippen LogP contribution in [0.2, 0.25) is 0 Å². The monoisotopic (exact) mass is 2470 g/mol. The normalized spacial score (nSPS) is 11.8. The van der Waals surface area contributed by atoms with Gasteiger partial charge >= 0.3 is 23.1 Å². The minimum absolute atomic E-state index is 0. The number of hydrogen-bond acceptors (Lipinski definition) is 7. The molecule has 12 aromatic carbocycles. The third-order valence-electron chi connectivity index (χ3n) is 21.2. The molecule has 0 amide bonds. The fourth-order valence-electron chi connectivity index (χ4n) is 13.4. The van der Waals surface area contributed by atoms with Crippen molar-refractivity contribution in [3.63, 3.8) is 0 Å². The standard InChI is InChI=1S/C20H11F.2C20H14N.C19H12N.2C11H20O2.C9H16O2.C6H10O2.4Ir/c21-16-7-3-6-15(13-16)18-9-4-10-19-17-8-2-1-5-14(17)11-12-20(18)19;1-14-5-4-7-16(13-14)20-19-10-9-15-6-2-3-8-17(15)18(19)11-12-21-20;1-14-6-8-16(9-7-14)20-19-11-10-15-4-2-3-5-17(15)18(19)12-13-21-20;1-2-7-15(8-3-1)19-18-11-10-14-6-4-5-9-16(14)17(18)12-13-20-19;2*1-10(2,3)8(12)7-9(13)11(4,5)6;1-3-5-8(10)7-9(11)6-4-2;1-4(5(2)7)6(3)8;;;;/h1-5,7-8,10-13H;2-6,8-13H,1H3;2-8,10-13H,1H3;1-7,9-13H;2*7,12H,1-6H3;7,10H,3-6H2,1-2H3;7H,1-3H3;;;;/q;3*-1;;;;;;;;/p+4. The van der Waals surface area contributed by atoms with Crippen molar-refractivity contribution in [2.75, 3.05) is 0 Å². The number of nitrogens with zero attached hydrogens (tertiary/aromatic N) is 3. The molecular formula is C116H121FIr4N3O8+. The largest absolute Gasteiger partial charge is 0.512 e. The first kappa shape index (κ1) is 111. The Morgan fingerprint density at radius 3 is 1.20 bits per heavy atom. The van der Waals surface area contributed by atoms with Crippen molar-refractivity contribution < 1.29 is 124 Å². The average molecular weight is 2470 g/mol. The van der Waals surface area contributed by atoms with Crippen LogP contribution < -0.4 is 0 Å². The number of pyridine rings is 3. The SMILES string of the molecule is CC(=[OH+])C(C)=C(C)O.CC(C)(C)C(=[OH+])C=C(O)C(C)(C)C.CC(C)(C)C(=[OH+])C=C(O)C(C)(C)C.CCCC(=[OH+])C=C(O)CCC.Cc1c[c-]c(-c2nccc3c2ccc2ccccc23)cc1.Cc1cc[c-]c(-c2nccc3c2ccc2ccccc23)c1.Fc1cc[c-]c(C2=[C+]C=Cc3c2ccc2ccccc32)c1.[Ir].[Ir].[Ir].[Ir].[c-]1ccccc1-c1nccc2c1ccc1ccccc12. The topological polar surface area (TPSA) is 205 Å². The summed E-state index contributed by atoms with van der Waals surface area (Å²) in [6, 6.07) is 94.9. The molecule has 132 heavy (non-hydrogen) atoms. The second kappa shape index (κ2) is 51.6. The minimum atomic E-state index is -0.306. The molecule has 3 heterocycles. The van der Waals surface area contributed by atoms with Crippen molar-refractivity contribution in [3.05, 3.63) is 378 Å². The van der Waals surface area contributed by atoms with Crippen LogP contribution in [0.1, 0.15) is 171 Å². The van der Waals surface area contributed by atoms with Crippen LogP contribution in [0.25, 0.3) is 121 Å². The Kier molecular flexibility index (Phi) is 43.5. The summed E-state index contributed by atoms with van der Waals surface area (Å²) in [6.07, 6.45) is 20.3. The average Bonchev–Trinajstić information content (AvgIpc) is 0.692. The van der Waals surface area contributed by atoms with E-state index in [-0.39, 0.29) is 154 Å². The van der Waals surface area contributed by atoms with E-state index < -0.39 is 0 Å². The number of aryl methyl sites for hydroxylation is 2. The third kappa shape index (κ3) is 31.4. The van der Waals surface area contributed by atoms with Gasteiger partial charge < -0.3 is 35.4 Å². The summed E-state index contributed by atoms with van der Waals surface area (Å²) in [7, 11) is 0. The van der Waals surface area contributed by atoms with Crippen molar-refractivity contribution in [2.24, 2.45) is 21.7 Å². The van der Waals surface area contributed by atoms with Gasteiger partial charge in [0.2, 0.25) is 0 Å². The van der Waals surface area contributed by atoms with Crippen molar-refractivity contribution in [1.29, 1.82) is 0 Å². The maximum atomic E-state index is 13.5. The predicted molar refractivity (Wildman–Crippen MR) is 538 cm³/mol. The van der Waals surface area contributed by atoms with Crippen molar-refractivity contribution in [3.8, 4) is 33.8 Å². The first-order valence-corrected chi connectivity index (χ1v) is 43.3. The first-order chi connectivity index (χ1) is 60.8. The van der Waals surface area contributed by atoms with E-state index in [2.05, 4.69) is 247 Å². The maximum Gasteiger partial charge on any atom is 0.325 e. The van der Waals surface area contributed by atoms with E-state index in [1.807, 2.05) is 164 Å². The number of aromatic nitrogens is 3. The van der Waals surface area contributed by atoms with E-state index in [0.717, 1.165) is 68.9 Å². The van der Waals surface area contributed by atoms with E-state index in [4.69, 9.17) is 19.8 Å². The Bertz CT molecular complexity index is 6610. The summed E-state index contributed by atoms with van der Waals surface area (Å²) in [5, 5.41) is 54.3. The zero-order valence-electron chi connectivity index (χ0n) is 78.7. The van der Waals surface area contributed by atoms with Gasteiger partial charge in [0.1, 0.15) is 23.0 Å². The van der Waals surface area contributed by atoms with Gasteiger partial charge in [-0.05, 0) is 192 Å². The number of ketones is 4. The second-order valence-corrected chi connectivity index (χ2v) is 35.7. The molecule has 8 N–H and O–H groups in total. The number of aliphatic hydroxyl groups excluding tert-OH is 4. The summed E-state index contributed by atoms with van der Waals surface area (Å²) < 4.78 is 13.5. The number of rotatable bonds is 12. The molecule has 0 spiro atoms. The molecule has 0 saturated heterocycles. The molecule has 16 rings (SSSR count). The number of benzene rings is 12. The summed E-state index contributed by atoms with van der Waals surface area (Å²) in [5.41, 5.74) is 11.7. The number of allylic oxidation sites excluding steroid dienone is 10. The van der Waals surface area contributed by atoms with Gasteiger partial charge in [-0.15, -0.1) is 119 Å². The van der Waals surface area contributed by atoms with Crippen LogP contribution in [0.5, 0.6) is 0 Å². The van der Waals surface area contributed by atoms with Gasteiger partial charge in [-0.1, -0.05) is 220 Å². The Hall–Kier alpha value is -11.3. The molecule has 3 aromatic heterocycles. The van der Waals surface area contributed by atoms with Crippen molar-refractivity contribution in [2.45, 2.75) is 157 Å². The molecule has 15 aromatic rings. The number of fused-ring (bicyclic) bond motifs is 12. The molecule has 0 fully saturated rings. The van der Waals surface area contributed by atoms with E-state index in [1.54, 1.807) is 13.0 Å². The van der Waals surface area contributed by atoms with Gasteiger partial charge in [0, 0.05) is 133 Å². The Morgan fingerprint density at radius 2 is 0.803 bits per heavy atom. The fourth-order valence-corrected chi connectivity index (χ4v) is 13.4. The molecule has 11 nitrogen and oxygen atoms in total. The predicted octanol–water partition coefficient (Wildman–Crippen LogP) is 30.3. The molecule has 0 unspecified atom stereocenters. The van der Waals surface area contributed by atoms with Crippen LogP contribution >= 0.6 is 0 Å². The Morgan fingerprint density at radius 1 is 0.394 bits per heavy atom. The number of hydrogen-bond donors (Lipinski definition) is 4. The van der Waals surface area contributed by atoms with E-state index in [9.17, 15) is 24.2 Å². The Balaban J connectivity index is 0.000000271. The number of halogens is 1. The maximum absolute atomic E-state index is 13.5. The van der Waals surface area contributed by atoms with Crippen LogP contribution in [0.3, 0.4) is 0 Å². The van der Waals surface area contributed by atoms with E-state index >= 15 is 0 Å². The van der Waals surface area contributed by atoms with Crippen LogP contribution in [0.15, 0.2) is 314 Å². The third-order valence-corrected chi connectivity index (χ3v) is 21.2. The zero-order valence-corrected chi connectivity index (χ0v) is 88.3. The molecule has 0 aliphatic heterocycles. The van der Waals surface area contributed by atoms with Crippen LogP contribution in [-0.4, -0.2) is 77.7 Å². The van der Waals surface area contributed by atoms with E-state index in [0.29, 0.717) is 18.4 Å². The molecule has 4 radical (unpaired) electrons. The molecule has 1 aliphatic carbocycles. The van der Waals surface area contributed by atoms with Gasteiger partial charge in [0.15, 0.2) is 0 Å². The van der Waals surface area contributed by atoms with Crippen LogP contribution in [-0.2, 0) is 80.4 Å². The summed E-state index contributed by atoms with van der Waals surface area (Å²) >= 11 is 0. The molecule has 0 bridgehead atoms. The van der Waals surface area contributed by atoms with Gasteiger partial charge in [-0.3, -0.25) is 19.2 Å². The number of aliphatic hydroxyl groups is 4. The molecule has 0 atom stereocenters. The van der Waals surface area contributed by atoms with Gasteiger partial charge in [-0.25, -0.2) is 4.39 Å². The van der Waals surface area contributed by atoms with Crippen LogP contribution in [0.4, 0.5) is 4.39 Å². The smallest absolute Gasteiger partial charge is 0.325 e. The summed E-state index contributed by atoms with van der Waals surface area (Å²) in [5.74, 6) is 1.47. The Labute approximate surface area is 833 Å². The molecule has 690 valence electrons. The van der Waals surface area contributed by atoms with E-state index in [1.165, 1.54) is 131 Å². The van der Waals surface area contributed by atoms with Gasteiger partial charge in [0.05, 0.1) is 71.0 Å².